The molecule has 4 rings (SSSR count). The lowest BCUT2D eigenvalue weighted by Crippen LogP contribution is -2.39. The van der Waals surface area contributed by atoms with Crippen LogP contribution < -0.4 is 19.6 Å². The lowest BCUT2D eigenvalue weighted by molar-refractivity contribution is -0.139. The van der Waals surface area contributed by atoms with Crippen molar-refractivity contribution in [2.45, 2.75) is 26.8 Å². The van der Waals surface area contributed by atoms with Crippen LogP contribution in [0.3, 0.4) is 0 Å². The van der Waals surface area contributed by atoms with E-state index in [0.717, 1.165) is 20.5 Å². The zero-order valence-corrected chi connectivity index (χ0v) is 21.2. The van der Waals surface area contributed by atoms with Crippen molar-refractivity contribution in [3.63, 3.8) is 0 Å². The van der Waals surface area contributed by atoms with Gasteiger partial charge >= 0.3 is 5.97 Å². The van der Waals surface area contributed by atoms with E-state index in [1.165, 1.54) is 11.3 Å². The van der Waals surface area contributed by atoms with Crippen LogP contribution in [-0.2, 0) is 9.53 Å². The highest BCUT2D eigenvalue weighted by Crippen LogP contribution is 2.35. The molecular weight excluding hydrogens is 512 g/mol. The van der Waals surface area contributed by atoms with E-state index in [0.29, 0.717) is 26.4 Å². The summed E-state index contributed by atoms with van der Waals surface area (Å²) in [6.45, 7) is 5.78. The summed E-state index contributed by atoms with van der Waals surface area (Å²) in [6.07, 6.45) is 1.90. The van der Waals surface area contributed by atoms with Crippen LogP contribution in [0.25, 0.3) is 6.08 Å². The number of allylic oxidation sites excluding steroid dienone is 1. The molecule has 0 bridgehead atoms. The first-order valence-corrected chi connectivity index (χ1v) is 12.4. The Morgan fingerprint density at radius 3 is 2.72 bits per heavy atom. The Bertz CT molecular complexity index is 1410. The number of hydrogen-bond acceptors (Lipinski definition) is 7. The maximum absolute atomic E-state index is 13.6. The Morgan fingerprint density at radius 2 is 2.09 bits per heavy atom. The summed E-state index contributed by atoms with van der Waals surface area (Å²) in [7, 11) is 1.59. The summed E-state index contributed by atoms with van der Waals surface area (Å²) in [5, 5.41) is 2.00. The van der Waals surface area contributed by atoms with Gasteiger partial charge in [0.15, 0.2) is 4.80 Å². The van der Waals surface area contributed by atoms with Gasteiger partial charge in [-0.15, -0.1) is 11.3 Å². The van der Waals surface area contributed by atoms with Gasteiger partial charge in [-0.25, -0.2) is 9.79 Å². The van der Waals surface area contributed by atoms with E-state index in [-0.39, 0.29) is 12.2 Å². The zero-order valence-electron chi connectivity index (χ0n) is 18.0. The van der Waals surface area contributed by atoms with E-state index in [4.69, 9.17) is 9.47 Å². The Morgan fingerprint density at radius 1 is 1.31 bits per heavy atom. The van der Waals surface area contributed by atoms with Gasteiger partial charge < -0.3 is 9.47 Å². The Labute approximate surface area is 201 Å². The van der Waals surface area contributed by atoms with Gasteiger partial charge in [0.05, 0.1) is 40.0 Å². The molecule has 166 valence electrons. The van der Waals surface area contributed by atoms with Gasteiger partial charge in [0.1, 0.15) is 5.75 Å². The average Bonchev–Trinajstić information content (AvgIpc) is 3.30. The third-order valence-electron chi connectivity index (χ3n) is 5.17. The first kappa shape index (κ1) is 22.7. The Hall–Kier alpha value is -2.49. The van der Waals surface area contributed by atoms with E-state index in [9.17, 15) is 9.59 Å². The summed E-state index contributed by atoms with van der Waals surface area (Å²) < 4.78 is 13.6. The highest BCUT2D eigenvalue weighted by molar-refractivity contribution is 9.10. The van der Waals surface area contributed by atoms with Crippen molar-refractivity contribution < 1.29 is 14.3 Å². The summed E-state index contributed by atoms with van der Waals surface area (Å²) >= 11 is 6.42. The molecule has 1 atom stereocenters. The number of benzene rings is 1. The molecule has 0 saturated carbocycles. The standard InChI is InChI=1S/C23H21BrN2O4S2/c1-5-30-22(28)19-13(3)25-23-26(20(19)14-6-7-16(29-4)15(24)10-14)21(27)18(32-23)11-17-12(2)8-9-31-17/h6-11,20H,5H2,1-4H3/b18-11+/t20-/m0/s1. The summed E-state index contributed by atoms with van der Waals surface area (Å²) in [6, 6.07) is 6.89. The molecule has 0 amide bonds. The molecule has 2 aromatic heterocycles. The average molecular weight is 533 g/mol. The summed E-state index contributed by atoms with van der Waals surface area (Å²) in [5.41, 5.74) is 2.58. The highest BCUT2D eigenvalue weighted by atomic mass is 79.9. The highest BCUT2D eigenvalue weighted by Gasteiger charge is 2.33. The Kier molecular flexibility index (Phi) is 6.50. The molecular formula is C23H21BrN2O4S2. The van der Waals surface area contributed by atoms with Crippen molar-refractivity contribution in [3.05, 3.63) is 81.1 Å². The number of ether oxygens (including phenoxy) is 2. The summed E-state index contributed by atoms with van der Waals surface area (Å²) in [4.78, 5) is 32.7. The lowest BCUT2D eigenvalue weighted by Gasteiger charge is -2.25. The molecule has 0 fully saturated rings. The molecule has 0 spiro atoms. The minimum absolute atomic E-state index is 0.187. The minimum atomic E-state index is -0.654. The van der Waals surface area contributed by atoms with E-state index in [2.05, 4.69) is 20.9 Å². The number of rotatable bonds is 5. The normalized spacial score (nSPS) is 16.0. The fraction of sp³-hybridized carbons (Fsp3) is 0.261. The van der Waals surface area contributed by atoms with Crippen LogP contribution in [0.5, 0.6) is 5.75 Å². The molecule has 0 unspecified atom stereocenters. The fourth-order valence-corrected chi connectivity index (χ4v) is 6.13. The molecule has 0 aliphatic carbocycles. The van der Waals surface area contributed by atoms with Crippen LogP contribution in [0, 0.1) is 6.92 Å². The monoisotopic (exact) mass is 532 g/mol. The third-order valence-corrected chi connectivity index (χ3v) is 7.74. The molecule has 3 aromatic rings. The number of carbonyl (C=O) groups excluding carboxylic acids is 1. The second kappa shape index (κ2) is 9.17. The molecule has 6 nitrogen and oxygen atoms in total. The Balaban J connectivity index is 1.98. The number of carbonyl (C=O) groups is 1. The van der Waals surface area contributed by atoms with Gasteiger partial charge in [0.25, 0.3) is 5.56 Å². The number of esters is 1. The van der Waals surface area contributed by atoms with Crippen LogP contribution >= 0.6 is 38.6 Å². The summed E-state index contributed by atoms with van der Waals surface area (Å²) in [5.74, 6) is 0.182. The topological polar surface area (TPSA) is 69.9 Å². The number of aryl methyl sites for hydroxylation is 1. The van der Waals surface area contributed by atoms with Crippen molar-refractivity contribution in [1.82, 2.24) is 4.57 Å². The molecule has 9 heteroatoms. The quantitative estimate of drug-likeness (QED) is 0.466. The number of nitrogens with zero attached hydrogens (tertiary/aromatic N) is 2. The van der Waals surface area contributed by atoms with E-state index < -0.39 is 12.0 Å². The zero-order chi connectivity index (χ0) is 23.0. The smallest absolute Gasteiger partial charge is 0.338 e. The van der Waals surface area contributed by atoms with Gasteiger partial charge in [0, 0.05) is 4.88 Å². The van der Waals surface area contributed by atoms with Crippen LogP contribution in [0.4, 0.5) is 0 Å². The van der Waals surface area contributed by atoms with Gasteiger partial charge in [0.2, 0.25) is 0 Å². The van der Waals surface area contributed by atoms with Crippen molar-refractivity contribution in [1.29, 1.82) is 0 Å². The molecule has 0 radical (unpaired) electrons. The predicted molar refractivity (Wildman–Crippen MR) is 130 cm³/mol. The van der Waals surface area contributed by atoms with Crippen LogP contribution in [0.15, 0.2) is 55.2 Å². The first-order valence-electron chi connectivity index (χ1n) is 9.92. The van der Waals surface area contributed by atoms with Crippen LogP contribution in [0.2, 0.25) is 0 Å². The number of fused-ring (bicyclic) bond motifs is 1. The van der Waals surface area contributed by atoms with E-state index in [1.807, 2.05) is 42.6 Å². The number of thiazole rings is 1. The van der Waals surface area contributed by atoms with Crippen molar-refractivity contribution in [2.24, 2.45) is 4.99 Å². The molecule has 1 aromatic carbocycles. The fourth-order valence-electron chi connectivity index (χ4n) is 3.61. The molecule has 1 aliphatic heterocycles. The molecule has 0 N–H and O–H groups in total. The first-order chi connectivity index (χ1) is 15.3. The molecule has 0 saturated heterocycles. The van der Waals surface area contributed by atoms with E-state index >= 15 is 0 Å². The second-order valence-electron chi connectivity index (χ2n) is 7.16. The van der Waals surface area contributed by atoms with Gasteiger partial charge in [-0.05, 0) is 77.5 Å². The second-order valence-corrected chi connectivity index (χ2v) is 9.98. The van der Waals surface area contributed by atoms with Crippen LogP contribution in [-0.4, -0.2) is 24.3 Å². The number of hydrogen-bond donors (Lipinski definition) is 0. The maximum Gasteiger partial charge on any atom is 0.338 e. The van der Waals surface area contributed by atoms with E-state index in [1.54, 1.807) is 36.9 Å². The molecule has 3 heterocycles. The van der Waals surface area contributed by atoms with Gasteiger partial charge in [-0.3, -0.25) is 9.36 Å². The predicted octanol–water partition coefficient (Wildman–Crippen LogP) is 3.94. The van der Waals surface area contributed by atoms with Crippen molar-refractivity contribution in [3.8, 4) is 5.75 Å². The van der Waals surface area contributed by atoms with Gasteiger partial charge in [-0.1, -0.05) is 17.4 Å². The third kappa shape index (κ3) is 4.00. The van der Waals surface area contributed by atoms with Gasteiger partial charge in [-0.2, -0.15) is 0 Å². The molecule has 1 aliphatic rings. The molecule has 32 heavy (non-hydrogen) atoms. The van der Waals surface area contributed by atoms with Crippen molar-refractivity contribution in [2.75, 3.05) is 13.7 Å². The number of halogens is 1. The minimum Gasteiger partial charge on any atom is -0.496 e. The lowest BCUT2D eigenvalue weighted by atomic mass is 9.96. The number of thiophene rings is 1. The maximum atomic E-state index is 13.6. The number of methoxy groups -OCH3 is 1. The van der Waals surface area contributed by atoms with Crippen LogP contribution in [0.1, 0.15) is 35.9 Å². The number of aromatic nitrogens is 1. The van der Waals surface area contributed by atoms with Crippen molar-refractivity contribution >= 4 is 50.6 Å². The SMILES string of the molecule is CCOC(=O)C1=C(C)N=c2s/c(=C/c3sccc3C)c(=O)n2[C@H]1c1ccc(OC)c(Br)c1. The largest absolute Gasteiger partial charge is 0.496 e.